The maximum atomic E-state index is 5.21. The van der Waals surface area contributed by atoms with Gasteiger partial charge in [-0.1, -0.05) is 0 Å². The standard InChI is InChI=1S/C17H17N3O/c1-19(2)14-7-9-15(10-8-14)20-11-3-5-16(20)13-18-17-6-4-12-21-17/h3-13H,1-2H3. The number of aliphatic imine (C=N–C) groups is 1. The average Bonchev–Trinajstić information content (AvgIpc) is 3.16. The SMILES string of the molecule is CN(C)c1ccc(-n2cccc2C=Nc2ccco2)cc1. The van der Waals surface area contributed by atoms with Crippen LogP contribution in [0.15, 0.2) is 70.4 Å². The molecule has 106 valence electrons. The summed E-state index contributed by atoms with van der Waals surface area (Å²) in [5.74, 6) is 0.603. The van der Waals surface area contributed by atoms with Crippen molar-refractivity contribution in [3.05, 3.63) is 66.7 Å². The van der Waals surface area contributed by atoms with E-state index >= 15 is 0 Å². The molecule has 3 aromatic rings. The third kappa shape index (κ3) is 2.89. The van der Waals surface area contributed by atoms with Gasteiger partial charge in [-0.25, -0.2) is 4.99 Å². The van der Waals surface area contributed by atoms with Gasteiger partial charge in [0, 0.05) is 37.7 Å². The molecule has 0 aliphatic carbocycles. The molecule has 1 aromatic carbocycles. The summed E-state index contributed by atoms with van der Waals surface area (Å²) in [7, 11) is 4.07. The number of anilines is 1. The van der Waals surface area contributed by atoms with E-state index in [1.165, 1.54) is 5.69 Å². The molecule has 3 rings (SSSR count). The van der Waals surface area contributed by atoms with Crippen molar-refractivity contribution in [2.24, 2.45) is 4.99 Å². The van der Waals surface area contributed by atoms with Crippen LogP contribution in [0.5, 0.6) is 0 Å². The molecule has 0 radical (unpaired) electrons. The minimum atomic E-state index is 0.603. The van der Waals surface area contributed by atoms with Crippen LogP contribution in [0.2, 0.25) is 0 Å². The van der Waals surface area contributed by atoms with Crippen LogP contribution < -0.4 is 4.90 Å². The fourth-order valence-corrected chi connectivity index (χ4v) is 2.12. The van der Waals surface area contributed by atoms with Gasteiger partial charge in [-0.15, -0.1) is 0 Å². The van der Waals surface area contributed by atoms with Crippen molar-refractivity contribution in [3.8, 4) is 5.69 Å². The van der Waals surface area contributed by atoms with Gasteiger partial charge >= 0.3 is 0 Å². The van der Waals surface area contributed by atoms with Crippen molar-refractivity contribution in [3.63, 3.8) is 0 Å². The summed E-state index contributed by atoms with van der Waals surface area (Å²) in [6.45, 7) is 0. The van der Waals surface area contributed by atoms with Crippen LogP contribution in [0.1, 0.15) is 5.69 Å². The zero-order valence-electron chi connectivity index (χ0n) is 12.1. The molecule has 0 unspecified atom stereocenters. The molecule has 0 saturated heterocycles. The smallest absolute Gasteiger partial charge is 0.218 e. The molecule has 0 aliphatic heterocycles. The highest BCUT2D eigenvalue weighted by Gasteiger charge is 2.02. The van der Waals surface area contributed by atoms with Crippen LogP contribution in [0.4, 0.5) is 11.6 Å². The Morgan fingerprint density at radius 3 is 2.52 bits per heavy atom. The Labute approximate surface area is 124 Å². The summed E-state index contributed by atoms with van der Waals surface area (Å²) >= 11 is 0. The lowest BCUT2D eigenvalue weighted by molar-refractivity contribution is 0.578. The molecule has 0 amide bonds. The van der Waals surface area contributed by atoms with Gasteiger partial charge in [0.05, 0.1) is 18.2 Å². The fourth-order valence-electron chi connectivity index (χ4n) is 2.12. The van der Waals surface area contributed by atoms with Gasteiger partial charge < -0.3 is 13.9 Å². The molecule has 4 nitrogen and oxygen atoms in total. The number of aromatic nitrogens is 1. The van der Waals surface area contributed by atoms with Gasteiger partial charge in [0.2, 0.25) is 5.88 Å². The van der Waals surface area contributed by atoms with Crippen molar-refractivity contribution in [2.45, 2.75) is 0 Å². The molecule has 0 spiro atoms. The minimum absolute atomic E-state index is 0.603. The molecule has 0 N–H and O–H groups in total. The zero-order chi connectivity index (χ0) is 14.7. The van der Waals surface area contributed by atoms with Crippen molar-refractivity contribution < 1.29 is 4.42 Å². The minimum Gasteiger partial charge on any atom is -0.447 e. The zero-order valence-corrected chi connectivity index (χ0v) is 12.1. The molecule has 4 heteroatoms. The quantitative estimate of drug-likeness (QED) is 0.679. The van der Waals surface area contributed by atoms with E-state index in [-0.39, 0.29) is 0 Å². The first-order valence-electron chi connectivity index (χ1n) is 6.77. The van der Waals surface area contributed by atoms with Gasteiger partial charge in [-0.2, -0.15) is 0 Å². The van der Waals surface area contributed by atoms with Crippen LogP contribution in [-0.4, -0.2) is 24.9 Å². The van der Waals surface area contributed by atoms with Crippen LogP contribution in [0, 0.1) is 0 Å². The Bertz CT molecular complexity index is 722. The predicted octanol–water partition coefficient (Wildman–Crippen LogP) is 3.89. The predicted molar refractivity (Wildman–Crippen MR) is 86.1 cm³/mol. The monoisotopic (exact) mass is 279 g/mol. The summed E-state index contributed by atoms with van der Waals surface area (Å²) in [6, 6.07) is 16.1. The number of benzene rings is 1. The Kier molecular flexibility index (Phi) is 3.60. The lowest BCUT2D eigenvalue weighted by Crippen LogP contribution is -2.08. The van der Waals surface area contributed by atoms with Crippen molar-refractivity contribution in [1.82, 2.24) is 4.57 Å². The molecule has 2 heterocycles. The van der Waals surface area contributed by atoms with Gasteiger partial charge in [0.15, 0.2) is 0 Å². The third-order valence-electron chi connectivity index (χ3n) is 3.25. The van der Waals surface area contributed by atoms with E-state index in [1.54, 1.807) is 12.5 Å². The second-order valence-corrected chi connectivity index (χ2v) is 4.92. The Hall–Kier alpha value is -2.75. The van der Waals surface area contributed by atoms with Gasteiger partial charge in [0.25, 0.3) is 0 Å². The number of rotatable bonds is 4. The molecule has 0 saturated carbocycles. The molecule has 0 fully saturated rings. The second kappa shape index (κ2) is 5.71. The molecule has 2 aromatic heterocycles. The molecule has 0 aliphatic rings. The molecular formula is C17H17N3O. The van der Waals surface area contributed by atoms with Crippen molar-refractivity contribution in [2.75, 3.05) is 19.0 Å². The maximum Gasteiger partial charge on any atom is 0.218 e. The first-order chi connectivity index (χ1) is 10.2. The summed E-state index contributed by atoms with van der Waals surface area (Å²) < 4.78 is 7.30. The third-order valence-corrected chi connectivity index (χ3v) is 3.25. The van der Waals surface area contributed by atoms with Crippen LogP contribution in [0.25, 0.3) is 5.69 Å². The first kappa shape index (κ1) is 13.2. The second-order valence-electron chi connectivity index (χ2n) is 4.92. The Morgan fingerprint density at radius 1 is 1.05 bits per heavy atom. The number of nitrogens with zero attached hydrogens (tertiary/aromatic N) is 3. The Balaban J connectivity index is 1.88. The summed E-state index contributed by atoms with van der Waals surface area (Å²) in [5.41, 5.74) is 3.28. The lowest BCUT2D eigenvalue weighted by Gasteiger charge is -2.13. The van der Waals surface area contributed by atoms with E-state index < -0.39 is 0 Å². The summed E-state index contributed by atoms with van der Waals surface area (Å²) in [6.07, 6.45) is 5.44. The summed E-state index contributed by atoms with van der Waals surface area (Å²) in [5, 5.41) is 0. The van der Waals surface area contributed by atoms with Gasteiger partial charge in [0.1, 0.15) is 0 Å². The first-order valence-corrected chi connectivity index (χ1v) is 6.77. The Morgan fingerprint density at radius 2 is 1.86 bits per heavy atom. The lowest BCUT2D eigenvalue weighted by atomic mass is 10.2. The largest absolute Gasteiger partial charge is 0.447 e. The summed E-state index contributed by atoms with van der Waals surface area (Å²) in [4.78, 5) is 6.40. The van der Waals surface area contributed by atoms with E-state index in [9.17, 15) is 0 Å². The van der Waals surface area contributed by atoms with E-state index in [4.69, 9.17) is 4.42 Å². The molecule has 21 heavy (non-hydrogen) atoms. The van der Waals surface area contributed by atoms with E-state index in [1.807, 2.05) is 44.6 Å². The van der Waals surface area contributed by atoms with E-state index in [0.717, 1.165) is 11.4 Å². The fraction of sp³-hybridized carbons (Fsp3) is 0.118. The van der Waals surface area contributed by atoms with Crippen molar-refractivity contribution >= 4 is 17.8 Å². The topological polar surface area (TPSA) is 33.7 Å². The van der Waals surface area contributed by atoms with Crippen LogP contribution >= 0.6 is 0 Å². The van der Waals surface area contributed by atoms with E-state index in [0.29, 0.717) is 5.88 Å². The maximum absolute atomic E-state index is 5.21. The molecule has 0 atom stereocenters. The molecule has 0 bridgehead atoms. The number of furan rings is 1. The highest BCUT2D eigenvalue weighted by molar-refractivity contribution is 5.80. The van der Waals surface area contributed by atoms with E-state index in [2.05, 4.69) is 38.7 Å². The normalized spacial score (nSPS) is 11.1. The van der Waals surface area contributed by atoms with Gasteiger partial charge in [-0.3, -0.25) is 0 Å². The van der Waals surface area contributed by atoms with Crippen LogP contribution in [-0.2, 0) is 0 Å². The van der Waals surface area contributed by atoms with Crippen molar-refractivity contribution in [1.29, 1.82) is 0 Å². The molecular weight excluding hydrogens is 262 g/mol. The number of hydrogen-bond acceptors (Lipinski definition) is 3. The van der Waals surface area contributed by atoms with Gasteiger partial charge in [-0.05, 0) is 42.5 Å². The average molecular weight is 279 g/mol. The number of hydrogen-bond donors (Lipinski definition) is 0. The van der Waals surface area contributed by atoms with Crippen LogP contribution in [0.3, 0.4) is 0 Å². The highest BCUT2D eigenvalue weighted by atomic mass is 16.3. The highest BCUT2D eigenvalue weighted by Crippen LogP contribution is 2.18.